The number of carboxylic acids is 1. The van der Waals surface area contributed by atoms with Crippen LogP contribution in [0.2, 0.25) is 0 Å². The number of fused-ring (bicyclic) bond motifs is 1. The highest BCUT2D eigenvalue weighted by Gasteiger charge is 2.24. The van der Waals surface area contributed by atoms with Crippen LogP contribution < -0.4 is 14.8 Å². The Morgan fingerprint density at radius 1 is 1.38 bits per heavy atom. The summed E-state index contributed by atoms with van der Waals surface area (Å²) in [5.41, 5.74) is 0.294. The summed E-state index contributed by atoms with van der Waals surface area (Å²) in [4.78, 5) is 23.5. The van der Waals surface area contributed by atoms with E-state index in [1.54, 1.807) is 18.2 Å². The Hall–Kier alpha value is -1.89. The maximum absolute atomic E-state index is 12.3. The summed E-state index contributed by atoms with van der Waals surface area (Å²) < 4.78 is 10.9. The summed E-state index contributed by atoms with van der Waals surface area (Å²) in [6.07, 6.45) is 2.26. The van der Waals surface area contributed by atoms with Crippen LogP contribution in [0.4, 0.5) is 0 Å². The van der Waals surface area contributed by atoms with E-state index < -0.39 is 17.9 Å². The molecule has 0 radical (unpaired) electrons. The normalized spacial score (nSPS) is 14.3. The smallest absolute Gasteiger partial charge is 0.326 e. The van der Waals surface area contributed by atoms with Crippen molar-refractivity contribution in [3.05, 3.63) is 23.8 Å². The molecule has 1 aliphatic heterocycles. The number of para-hydroxylation sites is 1. The van der Waals surface area contributed by atoms with Crippen molar-refractivity contribution in [3.8, 4) is 11.5 Å². The first-order chi connectivity index (χ1) is 10.1. The molecular formula is C14H17NO5S. The molecule has 1 aromatic carbocycles. The highest BCUT2D eigenvalue weighted by atomic mass is 32.2. The Bertz CT molecular complexity index is 534. The highest BCUT2D eigenvalue weighted by Crippen LogP contribution is 2.33. The van der Waals surface area contributed by atoms with Gasteiger partial charge in [0.1, 0.15) is 19.3 Å². The van der Waals surface area contributed by atoms with Gasteiger partial charge in [0.2, 0.25) is 0 Å². The second-order valence-corrected chi connectivity index (χ2v) is 5.46. The maximum Gasteiger partial charge on any atom is 0.326 e. The molecule has 21 heavy (non-hydrogen) atoms. The molecule has 0 spiro atoms. The summed E-state index contributed by atoms with van der Waals surface area (Å²) in [6.45, 7) is 0.801. The number of thioether (sulfide) groups is 1. The first-order valence-corrected chi connectivity index (χ1v) is 7.94. The van der Waals surface area contributed by atoms with Gasteiger partial charge in [-0.2, -0.15) is 11.8 Å². The fourth-order valence-electron chi connectivity index (χ4n) is 1.98. The fraction of sp³-hybridized carbons (Fsp3) is 0.429. The molecule has 1 aliphatic rings. The van der Waals surface area contributed by atoms with Crippen LogP contribution in [0.5, 0.6) is 11.5 Å². The van der Waals surface area contributed by atoms with Crippen LogP contribution in [-0.4, -0.2) is 48.2 Å². The first-order valence-electron chi connectivity index (χ1n) is 6.54. The molecule has 0 aromatic heterocycles. The van der Waals surface area contributed by atoms with Gasteiger partial charge in [-0.3, -0.25) is 4.79 Å². The van der Waals surface area contributed by atoms with Gasteiger partial charge >= 0.3 is 5.97 Å². The number of carboxylic acid groups (broad SMARTS) is 1. The maximum atomic E-state index is 12.3. The number of hydrogen-bond acceptors (Lipinski definition) is 5. The lowest BCUT2D eigenvalue weighted by Gasteiger charge is -2.21. The summed E-state index contributed by atoms with van der Waals surface area (Å²) in [6, 6.07) is 4.08. The highest BCUT2D eigenvalue weighted by molar-refractivity contribution is 7.98. The number of benzene rings is 1. The number of rotatable bonds is 6. The number of ether oxygens (including phenoxy) is 2. The van der Waals surface area contributed by atoms with E-state index in [4.69, 9.17) is 14.6 Å². The molecule has 1 atom stereocenters. The number of carbonyl (C=O) groups excluding carboxylic acids is 1. The number of hydrogen-bond donors (Lipinski definition) is 2. The van der Waals surface area contributed by atoms with Gasteiger partial charge in [-0.05, 0) is 30.6 Å². The van der Waals surface area contributed by atoms with E-state index in [9.17, 15) is 9.59 Å². The Labute approximate surface area is 126 Å². The summed E-state index contributed by atoms with van der Waals surface area (Å²) in [7, 11) is 0. The quantitative estimate of drug-likeness (QED) is 0.826. The Balaban J connectivity index is 2.14. The van der Waals surface area contributed by atoms with Crippen LogP contribution in [0.25, 0.3) is 0 Å². The molecule has 0 fully saturated rings. The lowest BCUT2D eigenvalue weighted by atomic mass is 10.1. The molecule has 0 saturated heterocycles. The van der Waals surface area contributed by atoms with Crippen LogP contribution in [-0.2, 0) is 4.79 Å². The third-order valence-electron chi connectivity index (χ3n) is 3.02. The molecule has 7 heteroatoms. The lowest BCUT2D eigenvalue weighted by molar-refractivity contribution is -0.139. The van der Waals surface area contributed by atoms with Gasteiger partial charge < -0.3 is 19.9 Å². The second-order valence-electron chi connectivity index (χ2n) is 4.48. The molecule has 1 aromatic rings. The summed E-state index contributed by atoms with van der Waals surface area (Å²) in [5, 5.41) is 11.7. The van der Waals surface area contributed by atoms with Gasteiger partial charge in [-0.1, -0.05) is 6.07 Å². The predicted octanol–water partition coefficient (Wildman–Crippen LogP) is 1.39. The van der Waals surface area contributed by atoms with E-state index >= 15 is 0 Å². The number of aliphatic carboxylic acids is 1. The third kappa shape index (κ3) is 3.81. The van der Waals surface area contributed by atoms with Crippen LogP contribution in [0.15, 0.2) is 18.2 Å². The molecule has 0 aliphatic carbocycles. The minimum atomic E-state index is -1.04. The molecule has 1 amide bonds. The SMILES string of the molecule is CSCC[C@@H](NC(=O)c1cccc2c1OCCO2)C(=O)O. The van der Waals surface area contributed by atoms with Crippen LogP contribution in [0.3, 0.4) is 0 Å². The predicted molar refractivity (Wildman–Crippen MR) is 79.3 cm³/mol. The molecule has 114 valence electrons. The summed E-state index contributed by atoms with van der Waals surface area (Å²) in [5.74, 6) is 0.0226. The van der Waals surface area contributed by atoms with Crippen LogP contribution in [0.1, 0.15) is 16.8 Å². The standard InChI is InChI=1S/C14H17NO5S/c1-21-8-5-10(14(17)18)15-13(16)9-3-2-4-11-12(9)20-7-6-19-11/h2-4,10H,5-8H2,1H3,(H,15,16)(H,17,18)/t10-/m1/s1. The molecule has 0 bridgehead atoms. The average Bonchev–Trinajstić information content (AvgIpc) is 2.50. The molecule has 0 saturated carbocycles. The fourth-order valence-corrected chi connectivity index (χ4v) is 2.45. The molecular weight excluding hydrogens is 294 g/mol. The van der Waals surface area contributed by atoms with Gasteiger partial charge in [-0.25, -0.2) is 4.79 Å². The van der Waals surface area contributed by atoms with E-state index in [1.807, 2.05) is 6.26 Å². The van der Waals surface area contributed by atoms with E-state index in [-0.39, 0.29) is 0 Å². The van der Waals surface area contributed by atoms with Crippen molar-refractivity contribution in [1.82, 2.24) is 5.32 Å². The molecule has 6 nitrogen and oxygen atoms in total. The van der Waals surface area contributed by atoms with E-state index in [0.29, 0.717) is 42.4 Å². The van der Waals surface area contributed by atoms with Crippen molar-refractivity contribution < 1.29 is 24.2 Å². The first kappa shape index (κ1) is 15.5. The van der Waals surface area contributed by atoms with Gasteiger partial charge in [0, 0.05) is 0 Å². The average molecular weight is 311 g/mol. The molecule has 0 unspecified atom stereocenters. The van der Waals surface area contributed by atoms with Crippen molar-refractivity contribution in [1.29, 1.82) is 0 Å². The Kier molecular flexibility index (Phi) is 5.32. The van der Waals surface area contributed by atoms with Crippen molar-refractivity contribution in [2.24, 2.45) is 0 Å². The van der Waals surface area contributed by atoms with Crippen molar-refractivity contribution in [3.63, 3.8) is 0 Å². The van der Waals surface area contributed by atoms with Crippen molar-refractivity contribution in [2.75, 3.05) is 25.2 Å². The Morgan fingerprint density at radius 3 is 2.86 bits per heavy atom. The van der Waals surface area contributed by atoms with E-state index in [1.165, 1.54) is 11.8 Å². The molecule has 1 heterocycles. The summed E-state index contributed by atoms with van der Waals surface area (Å²) >= 11 is 1.53. The number of amides is 1. The van der Waals surface area contributed by atoms with Gasteiger partial charge in [-0.15, -0.1) is 0 Å². The second kappa shape index (κ2) is 7.21. The van der Waals surface area contributed by atoms with Crippen LogP contribution >= 0.6 is 11.8 Å². The topological polar surface area (TPSA) is 84.9 Å². The zero-order valence-electron chi connectivity index (χ0n) is 11.6. The largest absolute Gasteiger partial charge is 0.486 e. The minimum Gasteiger partial charge on any atom is -0.486 e. The third-order valence-corrected chi connectivity index (χ3v) is 3.67. The molecule has 2 rings (SSSR count). The zero-order valence-corrected chi connectivity index (χ0v) is 12.4. The van der Waals surface area contributed by atoms with Gasteiger partial charge in [0.25, 0.3) is 5.91 Å². The van der Waals surface area contributed by atoms with E-state index in [2.05, 4.69) is 5.32 Å². The minimum absolute atomic E-state index is 0.294. The zero-order chi connectivity index (χ0) is 15.2. The van der Waals surface area contributed by atoms with Crippen LogP contribution in [0, 0.1) is 0 Å². The lowest BCUT2D eigenvalue weighted by Crippen LogP contribution is -2.41. The monoisotopic (exact) mass is 311 g/mol. The van der Waals surface area contributed by atoms with E-state index in [0.717, 1.165) is 0 Å². The molecule has 2 N–H and O–H groups in total. The number of nitrogens with one attached hydrogen (secondary N) is 1. The van der Waals surface area contributed by atoms with Gasteiger partial charge in [0.15, 0.2) is 11.5 Å². The van der Waals surface area contributed by atoms with Crippen molar-refractivity contribution in [2.45, 2.75) is 12.5 Å². The Morgan fingerprint density at radius 2 is 2.14 bits per heavy atom. The van der Waals surface area contributed by atoms with Gasteiger partial charge in [0.05, 0.1) is 5.56 Å². The number of carbonyl (C=O) groups is 2. The van der Waals surface area contributed by atoms with Crippen molar-refractivity contribution >= 4 is 23.6 Å².